The van der Waals surface area contributed by atoms with Crippen LogP contribution in [0.5, 0.6) is 0 Å². The SMILES string of the molecule is FC(F)(F)c1nc(NCC2(N3CCOCC3)CCCCC2)c2cnn(Cc3ccccc3)c2n1. The molecule has 10 heteroatoms. The molecule has 1 aliphatic heterocycles. The van der Waals surface area contributed by atoms with Crippen LogP contribution in [0.4, 0.5) is 19.0 Å². The Kier molecular flexibility index (Phi) is 6.44. The second kappa shape index (κ2) is 9.50. The minimum absolute atomic E-state index is 0.113. The van der Waals surface area contributed by atoms with Crippen LogP contribution in [0.3, 0.4) is 0 Å². The maximum absolute atomic E-state index is 13.7. The van der Waals surface area contributed by atoms with E-state index < -0.39 is 12.0 Å². The maximum Gasteiger partial charge on any atom is 0.451 e. The Hall–Kier alpha value is -2.72. The molecule has 0 spiro atoms. The number of hydrogen-bond acceptors (Lipinski definition) is 6. The van der Waals surface area contributed by atoms with E-state index in [1.165, 1.54) is 11.1 Å². The van der Waals surface area contributed by atoms with E-state index in [4.69, 9.17) is 4.74 Å². The molecule has 0 unspecified atom stereocenters. The van der Waals surface area contributed by atoms with E-state index in [1.54, 1.807) is 6.20 Å². The monoisotopic (exact) mass is 474 g/mol. The molecule has 1 saturated heterocycles. The molecule has 1 aromatic carbocycles. The number of alkyl halides is 3. The molecular formula is C24H29F3N6O. The van der Waals surface area contributed by atoms with Crippen LogP contribution in [0.15, 0.2) is 36.5 Å². The van der Waals surface area contributed by atoms with Crippen molar-refractivity contribution in [1.29, 1.82) is 0 Å². The van der Waals surface area contributed by atoms with Crippen molar-refractivity contribution >= 4 is 16.9 Å². The highest BCUT2D eigenvalue weighted by Crippen LogP contribution is 2.36. The third-order valence-electron chi connectivity index (χ3n) is 6.98. The lowest BCUT2D eigenvalue weighted by Gasteiger charge is -2.48. The van der Waals surface area contributed by atoms with Gasteiger partial charge in [-0.1, -0.05) is 49.6 Å². The predicted molar refractivity (Wildman–Crippen MR) is 123 cm³/mol. The number of ether oxygens (including phenoxy) is 1. The van der Waals surface area contributed by atoms with E-state index in [0.717, 1.165) is 44.3 Å². The van der Waals surface area contributed by atoms with Gasteiger partial charge in [0, 0.05) is 25.2 Å². The van der Waals surface area contributed by atoms with Crippen molar-refractivity contribution in [2.24, 2.45) is 0 Å². The van der Waals surface area contributed by atoms with Gasteiger partial charge in [0.2, 0.25) is 5.82 Å². The van der Waals surface area contributed by atoms with E-state index in [0.29, 0.717) is 31.7 Å². The first-order valence-electron chi connectivity index (χ1n) is 11.9. The molecule has 0 amide bonds. The summed E-state index contributed by atoms with van der Waals surface area (Å²) in [6.07, 6.45) is 2.33. The van der Waals surface area contributed by atoms with Crippen LogP contribution < -0.4 is 5.32 Å². The normalized spacial score (nSPS) is 19.4. The lowest BCUT2D eigenvalue weighted by atomic mass is 9.79. The van der Waals surface area contributed by atoms with Gasteiger partial charge in [-0.05, 0) is 18.4 Å². The summed E-state index contributed by atoms with van der Waals surface area (Å²) in [4.78, 5) is 10.2. The van der Waals surface area contributed by atoms with Crippen LogP contribution in [0.1, 0.15) is 43.5 Å². The zero-order valence-corrected chi connectivity index (χ0v) is 19.0. The molecule has 0 bridgehead atoms. The van der Waals surface area contributed by atoms with Gasteiger partial charge in [-0.2, -0.15) is 18.3 Å². The Morgan fingerprint density at radius 2 is 1.74 bits per heavy atom. The summed E-state index contributed by atoms with van der Waals surface area (Å²) in [6.45, 7) is 3.90. The third kappa shape index (κ3) is 4.74. The van der Waals surface area contributed by atoms with Gasteiger partial charge in [0.05, 0.1) is 31.3 Å². The molecule has 5 rings (SSSR count). The molecule has 3 heterocycles. The summed E-state index contributed by atoms with van der Waals surface area (Å²) in [5.74, 6) is -0.962. The van der Waals surface area contributed by atoms with Crippen LogP contribution in [0.25, 0.3) is 11.0 Å². The summed E-state index contributed by atoms with van der Waals surface area (Å²) >= 11 is 0. The molecule has 1 saturated carbocycles. The number of benzene rings is 1. The number of anilines is 1. The number of hydrogen-bond donors (Lipinski definition) is 1. The van der Waals surface area contributed by atoms with E-state index in [-0.39, 0.29) is 17.0 Å². The van der Waals surface area contributed by atoms with Gasteiger partial charge < -0.3 is 10.1 Å². The van der Waals surface area contributed by atoms with E-state index in [1.807, 2.05) is 30.3 Å². The summed E-state index contributed by atoms with van der Waals surface area (Å²) in [5.41, 5.74) is 0.998. The van der Waals surface area contributed by atoms with E-state index in [9.17, 15) is 13.2 Å². The molecule has 1 aliphatic carbocycles. The number of aromatic nitrogens is 4. The summed E-state index contributed by atoms with van der Waals surface area (Å²) in [6, 6.07) is 9.49. The van der Waals surface area contributed by atoms with Crippen LogP contribution in [0.2, 0.25) is 0 Å². The van der Waals surface area contributed by atoms with Gasteiger partial charge in [0.1, 0.15) is 5.82 Å². The van der Waals surface area contributed by atoms with Crippen molar-refractivity contribution < 1.29 is 17.9 Å². The average Bonchev–Trinajstić information content (AvgIpc) is 3.26. The highest BCUT2D eigenvalue weighted by Gasteiger charge is 2.40. The Labute approximate surface area is 196 Å². The van der Waals surface area contributed by atoms with Crippen molar-refractivity contribution in [3.8, 4) is 0 Å². The molecular weight excluding hydrogens is 445 g/mol. The summed E-state index contributed by atoms with van der Waals surface area (Å²) in [7, 11) is 0. The molecule has 34 heavy (non-hydrogen) atoms. The maximum atomic E-state index is 13.7. The summed E-state index contributed by atoms with van der Waals surface area (Å²) < 4.78 is 48.2. The molecule has 0 radical (unpaired) electrons. The van der Waals surface area contributed by atoms with Gasteiger partial charge in [-0.3, -0.25) is 4.90 Å². The van der Waals surface area contributed by atoms with Crippen molar-refractivity contribution in [3.63, 3.8) is 0 Å². The minimum Gasteiger partial charge on any atom is -0.379 e. The van der Waals surface area contributed by atoms with Crippen molar-refractivity contribution in [2.45, 2.75) is 50.4 Å². The smallest absolute Gasteiger partial charge is 0.379 e. The fourth-order valence-corrected chi connectivity index (χ4v) is 5.19. The summed E-state index contributed by atoms with van der Waals surface area (Å²) in [5, 5.41) is 8.15. The Morgan fingerprint density at radius 3 is 2.44 bits per heavy atom. The van der Waals surface area contributed by atoms with Crippen molar-refractivity contribution in [1.82, 2.24) is 24.6 Å². The highest BCUT2D eigenvalue weighted by molar-refractivity contribution is 5.86. The second-order valence-corrected chi connectivity index (χ2v) is 9.16. The van der Waals surface area contributed by atoms with Gasteiger partial charge in [-0.25, -0.2) is 14.6 Å². The van der Waals surface area contributed by atoms with Crippen LogP contribution in [-0.4, -0.2) is 63.0 Å². The number of nitrogens with zero attached hydrogens (tertiary/aromatic N) is 5. The zero-order valence-electron chi connectivity index (χ0n) is 19.0. The molecule has 2 fully saturated rings. The highest BCUT2D eigenvalue weighted by atomic mass is 19.4. The lowest BCUT2D eigenvalue weighted by Crippen LogP contribution is -2.58. The van der Waals surface area contributed by atoms with Crippen LogP contribution in [0, 0.1) is 0 Å². The number of fused-ring (bicyclic) bond motifs is 1. The third-order valence-corrected chi connectivity index (χ3v) is 6.98. The van der Waals surface area contributed by atoms with E-state index in [2.05, 4.69) is 25.3 Å². The fraction of sp³-hybridized carbons (Fsp3) is 0.542. The predicted octanol–water partition coefficient (Wildman–Crippen LogP) is 4.34. The molecule has 2 aliphatic rings. The van der Waals surface area contributed by atoms with Crippen molar-refractivity contribution in [2.75, 3.05) is 38.2 Å². The number of nitrogens with one attached hydrogen (secondary N) is 1. The van der Waals surface area contributed by atoms with E-state index >= 15 is 0 Å². The Morgan fingerprint density at radius 1 is 1.00 bits per heavy atom. The first-order chi connectivity index (χ1) is 16.4. The lowest BCUT2D eigenvalue weighted by molar-refractivity contribution is -0.144. The molecule has 182 valence electrons. The quantitative estimate of drug-likeness (QED) is 0.573. The van der Waals surface area contributed by atoms with Crippen LogP contribution in [-0.2, 0) is 17.5 Å². The first kappa shape index (κ1) is 23.0. The second-order valence-electron chi connectivity index (χ2n) is 9.16. The van der Waals surface area contributed by atoms with Gasteiger partial charge >= 0.3 is 6.18 Å². The molecule has 0 atom stereocenters. The van der Waals surface area contributed by atoms with Gasteiger partial charge in [0.15, 0.2) is 5.65 Å². The topological polar surface area (TPSA) is 68.1 Å². The van der Waals surface area contributed by atoms with Crippen LogP contribution >= 0.6 is 0 Å². The number of halogens is 3. The number of morpholine rings is 1. The molecule has 7 nitrogen and oxygen atoms in total. The largest absolute Gasteiger partial charge is 0.451 e. The minimum atomic E-state index is -4.65. The number of rotatable bonds is 6. The molecule has 1 N–H and O–H groups in total. The van der Waals surface area contributed by atoms with Gasteiger partial charge in [0.25, 0.3) is 0 Å². The average molecular weight is 475 g/mol. The Balaban J connectivity index is 1.48. The first-order valence-corrected chi connectivity index (χ1v) is 11.9. The Bertz CT molecular complexity index is 1110. The zero-order chi connectivity index (χ0) is 23.6. The molecule has 2 aromatic heterocycles. The fourth-order valence-electron chi connectivity index (χ4n) is 5.19. The van der Waals surface area contributed by atoms with Crippen molar-refractivity contribution in [3.05, 3.63) is 47.9 Å². The van der Waals surface area contributed by atoms with Gasteiger partial charge in [-0.15, -0.1) is 0 Å². The standard InChI is InChI=1S/C24H29F3N6O/c25-24(26,27)22-30-20(19-15-29-33(21(19)31-22)16-18-7-3-1-4-8-18)28-17-23(9-5-2-6-10-23)32-11-13-34-14-12-32/h1,3-4,7-8,15H,2,5-6,9-14,16-17H2,(H,28,30,31). The molecule has 3 aromatic rings.